The summed E-state index contributed by atoms with van der Waals surface area (Å²) in [5.74, 6) is 0.328. The van der Waals surface area contributed by atoms with E-state index >= 15 is 0 Å². The maximum absolute atomic E-state index is 11.5. The Morgan fingerprint density at radius 2 is 2.14 bits per heavy atom. The maximum Gasteiger partial charge on any atom is 0.305 e. The van der Waals surface area contributed by atoms with Gasteiger partial charge in [-0.2, -0.15) is 0 Å². The normalized spacial score (nSPS) is 22.6. The van der Waals surface area contributed by atoms with Crippen LogP contribution in [-0.2, 0) is 9.59 Å². The van der Waals surface area contributed by atoms with Gasteiger partial charge < -0.3 is 4.90 Å². The third kappa shape index (κ3) is 1.75. The number of nitrogens with zero attached hydrogens (tertiary/aromatic N) is 1. The smallest absolute Gasteiger partial charge is 0.305 e. The molecule has 0 radical (unpaired) electrons. The van der Waals surface area contributed by atoms with Gasteiger partial charge in [0.25, 0.3) is 5.12 Å². The van der Waals surface area contributed by atoms with Crippen LogP contribution in [0.2, 0.25) is 0 Å². The van der Waals surface area contributed by atoms with Crippen LogP contribution in [0.1, 0.15) is 12.8 Å². The second-order valence-electron chi connectivity index (χ2n) is 3.20. The van der Waals surface area contributed by atoms with E-state index in [-0.39, 0.29) is 11.0 Å². The van der Waals surface area contributed by atoms with Gasteiger partial charge in [0.1, 0.15) is 0 Å². The number of hydrogen-bond acceptors (Lipinski definition) is 3. The molecule has 0 aromatic rings. The number of carbonyl (C=O) groups is 2. The van der Waals surface area contributed by atoms with E-state index in [1.807, 2.05) is 18.2 Å². The Hall–Kier alpha value is -1.03. The molecule has 1 amide bonds. The van der Waals surface area contributed by atoms with Gasteiger partial charge in [-0.1, -0.05) is 23.9 Å². The van der Waals surface area contributed by atoms with Crippen molar-refractivity contribution in [2.75, 3.05) is 12.3 Å². The van der Waals surface area contributed by atoms with Crippen molar-refractivity contribution >= 4 is 22.8 Å². The molecular formula is C10H11NO2S. The van der Waals surface area contributed by atoms with E-state index in [4.69, 9.17) is 0 Å². The fraction of sp³-hybridized carbons (Fsp3) is 0.400. The first-order chi connectivity index (χ1) is 6.79. The summed E-state index contributed by atoms with van der Waals surface area (Å²) in [6.45, 7) is 0.644. The van der Waals surface area contributed by atoms with Crippen molar-refractivity contribution in [3.63, 3.8) is 0 Å². The summed E-state index contributed by atoms with van der Waals surface area (Å²) < 4.78 is 0. The molecule has 0 saturated carbocycles. The van der Waals surface area contributed by atoms with E-state index in [0.717, 1.165) is 30.3 Å². The van der Waals surface area contributed by atoms with Gasteiger partial charge in [0.15, 0.2) is 0 Å². The standard InChI is InChI=1S/C10H11NO2S/c12-9-10(13)14-7-6-11(9)8-4-2-1-3-5-8/h2,4-5H,1,3,6-7H2. The van der Waals surface area contributed by atoms with Crippen LogP contribution < -0.4 is 0 Å². The van der Waals surface area contributed by atoms with E-state index in [1.165, 1.54) is 0 Å². The predicted molar refractivity (Wildman–Crippen MR) is 55.6 cm³/mol. The number of carbonyl (C=O) groups excluding carboxylic acids is 2. The summed E-state index contributed by atoms with van der Waals surface area (Å²) in [7, 11) is 0. The topological polar surface area (TPSA) is 37.4 Å². The molecule has 2 rings (SSSR count). The van der Waals surface area contributed by atoms with E-state index in [2.05, 4.69) is 0 Å². The van der Waals surface area contributed by atoms with Gasteiger partial charge in [-0.3, -0.25) is 9.59 Å². The summed E-state index contributed by atoms with van der Waals surface area (Å²) in [6.07, 6.45) is 7.95. The molecule has 1 heterocycles. The summed E-state index contributed by atoms with van der Waals surface area (Å²) in [6, 6.07) is 0. The minimum absolute atomic E-state index is 0.337. The second-order valence-corrected chi connectivity index (χ2v) is 4.27. The van der Waals surface area contributed by atoms with Gasteiger partial charge in [-0.15, -0.1) is 0 Å². The third-order valence-corrected chi connectivity index (χ3v) is 3.08. The summed E-state index contributed by atoms with van der Waals surface area (Å²) in [5, 5.41) is -0.337. The lowest BCUT2D eigenvalue weighted by Gasteiger charge is -2.27. The van der Waals surface area contributed by atoms with E-state index in [1.54, 1.807) is 4.90 Å². The van der Waals surface area contributed by atoms with Crippen LogP contribution in [0.3, 0.4) is 0 Å². The highest BCUT2D eigenvalue weighted by Crippen LogP contribution is 2.20. The first-order valence-electron chi connectivity index (χ1n) is 4.64. The first kappa shape index (κ1) is 9.52. The molecule has 1 aliphatic heterocycles. The molecule has 0 aromatic carbocycles. The highest BCUT2D eigenvalue weighted by molar-refractivity contribution is 8.15. The van der Waals surface area contributed by atoms with Gasteiger partial charge in [-0.25, -0.2) is 0 Å². The molecule has 1 saturated heterocycles. The number of thioether (sulfide) groups is 1. The SMILES string of the molecule is O=C1SCCN(C2=CCCC=C2)C1=O. The lowest BCUT2D eigenvalue weighted by molar-refractivity contribution is -0.139. The van der Waals surface area contributed by atoms with Crippen LogP contribution in [0, 0.1) is 0 Å². The molecule has 4 heteroatoms. The molecular weight excluding hydrogens is 198 g/mol. The summed E-state index contributed by atoms with van der Waals surface area (Å²) >= 11 is 1.11. The summed E-state index contributed by atoms with van der Waals surface area (Å²) in [5.41, 5.74) is 0.884. The zero-order valence-corrected chi connectivity index (χ0v) is 8.55. The van der Waals surface area contributed by atoms with Crippen molar-refractivity contribution < 1.29 is 9.59 Å². The van der Waals surface area contributed by atoms with Gasteiger partial charge >= 0.3 is 5.91 Å². The highest BCUT2D eigenvalue weighted by atomic mass is 32.2. The highest BCUT2D eigenvalue weighted by Gasteiger charge is 2.28. The Morgan fingerprint density at radius 3 is 2.86 bits per heavy atom. The first-order valence-corrected chi connectivity index (χ1v) is 5.63. The van der Waals surface area contributed by atoms with Crippen molar-refractivity contribution in [1.29, 1.82) is 0 Å². The molecule has 0 unspecified atom stereocenters. The van der Waals surface area contributed by atoms with Gasteiger partial charge in [-0.05, 0) is 18.9 Å². The molecule has 0 atom stereocenters. The minimum Gasteiger partial charge on any atom is -0.305 e. The van der Waals surface area contributed by atoms with Crippen molar-refractivity contribution in [3.8, 4) is 0 Å². The Balaban J connectivity index is 2.16. The Bertz CT molecular complexity index is 333. The average molecular weight is 209 g/mol. The zero-order valence-electron chi connectivity index (χ0n) is 7.73. The Kier molecular flexibility index (Phi) is 2.72. The molecule has 3 nitrogen and oxygen atoms in total. The predicted octanol–water partition coefficient (Wildman–Crippen LogP) is 1.32. The molecule has 0 spiro atoms. The van der Waals surface area contributed by atoms with Crippen molar-refractivity contribution in [2.24, 2.45) is 0 Å². The molecule has 0 aromatic heterocycles. The molecule has 74 valence electrons. The Morgan fingerprint density at radius 1 is 1.29 bits per heavy atom. The van der Waals surface area contributed by atoms with Gasteiger partial charge in [0, 0.05) is 18.0 Å². The third-order valence-electron chi connectivity index (χ3n) is 2.25. The van der Waals surface area contributed by atoms with Crippen molar-refractivity contribution in [1.82, 2.24) is 4.90 Å². The van der Waals surface area contributed by atoms with Gasteiger partial charge in [0.2, 0.25) is 0 Å². The van der Waals surface area contributed by atoms with E-state index in [0.29, 0.717) is 12.3 Å². The monoisotopic (exact) mass is 209 g/mol. The number of hydrogen-bond donors (Lipinski definition) is 0. The lowest BCUT2D eigenvalue weighted by Crippen LogP contribution is -2.40. The van der Waals surface area contributed by atoms with Crippen molar-refractivity contribution in [2.45, 2.75) is 12.8 Å². The maximum atomic E-state index is 11.5. The number of amides is 1. The number of rotatable bonds is 1. The average Bonchev–Trinajstić information content (AvgIpc) is 2.23. The van der Waals surface area contributed by atoms with Gasteiger partial charge in [0.05, 0.1) is 0 Å². The van der Waals surface area contributed by atoms with Crippen molar-refractivity contribution in [3.05, 3.63) is 23.9 Å². The van der Waals surface area contributed by atoms with Crippen LogP contribution in [-0.4, -0.2) is 28.2 Å². The molecule has 0 N–H and O–H groups in total. The fourth-order valence-electron chi connectivity index (χ4n) is 1.55. The summed E-state index contributed by atoms with van der Waals surface area (Å²) in [4.78, 5) is 24.3. The lowest BCUT2D eigenvalue weighted by atomic mass is 10.1. The minimum atomic E-state index is -0.376. The van der Waals surface area contributed by atoms with Crippen LogP contribution in [0.5, 0.6) is 0 Å². The van der Waals surface area contributed by atoms with Crippen LogP contribution in [0.4, 0.5) is 0 Å². The molecule has 0 bridgehead atoms. The van der Waals surface area contributed by atoms with Crippen LogP contribution in [0.25, 0.3) is 0 Å². The Labute approximate surface area is 86.8 Å². The second kappa shape index (κ2) is 4.00. The fourth-order valence-corrected chi connectivity index (χ4v) is 2.24. The van der Waals surface area contributed by atoms with E-state index in [9.17, 15) is 9.59 Å². The molecule has 1 aliphatic carbocycles. The molecule has 14 heavy (non-hydrogen) atoms. The molecule has 1 fully saturated rings. The van der Waals surface area contributed by atoms with Crippen LogP contribution in [0.15, 0.2) is 23.9 Å². The van der Waals surface area contributed by atoms with E-state index < -0.39 is 0 Å². The van der Waals surface area contributed by atoms with Crippen LogP contribution >= 0.6 is 11.8 Å². The molecule has 2 aliphatic rings. The zero-order chi connectivity index (χ0) is 9.97. The quantitative estimate of drug-likeness (QED) is 0.611. The number of allylic oxidation sites excluding steroid dienone is 3. The largest absolute Gasteiger partial charge is 0.305 e.